The molecule has 0 aliphatic heterocycles. The quantitative estimate of drug-likeness (QED) is 0.790. The first-order valence-electron chi connectivity index (χ1n) is 6.90. The van der Waals surface area contributed by atoms with Gasteiger partial charge < -0.3 is 16.0 Å². The summed E-state index contributed by atoms with van der Waals surface area (Å²) in [6.07, 6.45) is 2.38. The highest BCUT2D eigenvalue weighted by atomic mass is 16.2. The Labute approximate surface area is 119 Å². The van der Waals surface area contributed by atoms with Gasteiger partial charge >= 0.3 is 0 Å². The van der Waals surface area contributed by atoms with Gasteiger partial charge in [0, 0.05) is 19.6 Å². The van der Waals surface area contributed by atoms with Crippen LogP contribution in [-0.2, 0) is 22.6 Å². The third kappa shape index (κ3) is 4.06. The fraction of sp³-hybridized carbons (Fsp3) is 0.467. The summed E-state index contributed by atoms with van der Waals surface area (Å²) < 4.78 is 0. The van der Waals surface area contributed by atoms with Gasteiger partial charge in [0.15, 0.2) is 0 Å². The lowest BCUT2D eigenvalue weighted by Crippen LogP contribution is -2.39. The summed E-state index contributed by atoms with van der Waals surface area (Å²) in [5.41, 5.74) is 7.55. The zero-order valence-corrected chi connectivity index (χ0v) is 11.8. The molecule has 0 spiro atoms. The minimum Gasteiger partial charge on any atom is -0.352 e. The Morgan fingerprint density at radius 3 is 2.55 bits per heavy atom. The standard InChI is InChI=1S/C15H21N3O2/c1-18(10-14(19)17-13-6-7-13)15(20)8-11-4-2-3-5-12(11)9-16/h2-5,13H,6-10,16H2,1H3,(H,17,19). The fourth-order valence-corrected chi connectivity index (χ4v) is 2.03. The van der Waals surface area contributed by atoms with E-state index in [2.05, 4.69) is 5.32 Å². The smallest absolute Gasteiger partial charge is 0.239 e. The van der Waals surface area contributed by atoms with Gasteiger partial charge in [0.05, 0.1) is 13.0 Å². The van der Waals surface area contributed by atoms with Gasteiger partial charge in [-0.2, -0.15) is 0 Å². The molecule has 0 aromatic heterocycles. The van der Waals surface area contributed by atoms with E-state index < -0.39 is 0 Å². The zero-order chi connectivity index (χ0) is 14.5. The van der Waals surface area contributed by atoms with Crippen molar-refractivity contribution in [1.29, 1.82) is 0 Å². The summed E-state index contributed by atoms with van der Waals surface area (Å²) in [5, 5.41) is 2.87. The van der Waals surface area contributed by atoms with Gasteiger partial charge in [-0.05, 0) is 24.0 Å². The van der Waals surface area contributed by atoms with E-state index >= 15 is 0 Å². The normalized spacial score (nSPS) is 13.9. The summed E-state index contributed by atoms with van der Waals surface area (Å²) in [7, 11) is 1.65. The maximum absolute atomic E-state index is 12.1. The van der Waals surface area contributed by atoms with Gasteiger partial charge in [-0.1, -0.05) is 24.3 Å². The Hall–Kier alpha value is -1.88. The van der Waals surface area contributed by atoms with Crippen LogP contribution in [0.2, 0.25) is 0 Å². The second-order valence-electron chi connectivity index (χ2n) is 5.24. The Morgan fingerprint density at radius 2 is 1.95 bits per heavy atom. The summed E-state index contributed by atoms with van der Waals surface area (Å²) in [5.74, 6) is -0.160. The highest BCUT2D eigenvalue weighted by Gasteiger charge is 2.24. The number of nitrogens with one attached hydrogen (secondary N) is 1. The number of benzene rings is 1. The van der Waals surface area contributed by atoms with Gasteiger partial charge in [0.25, 0.3) is 0 Å². The van der Waals surface area contributed by atoms with Crippen molar-refractivity contribution in [2.24, 2.45) is 5.73 Å². The van der Waals surface area contributed by atoms with E-state index in [-0.39, 0.29) is 24.8 Å². The first kappa shape index (κ1) is 14.5. The molecule has 5 nitrogen and oxygen atoms in total. The van der Waals surface area contributed by atoms with Gasteiger partial charge in [-0.25, -0.2) is 0 Å². The van der Waals surface area contributed by atoms with E-state index in [0.29, 0.717) is 12.6 Å². The van der Waals surface area contributed by atoms with Crippen molar-refractivity contribution in [2.75, 3.05) is 13.6 Å². The lowest BCUT2D eigenvalue weighted by atomic mass is 10.0. The third-order valence-corrected chi connectivity index (χ3v) is 3.43. The number of likely N-dealkylation sites (N-methyl/N-ethyl adjacent to an activating group) is 1. The first-order chi connectivity index (χ1) is 9.60. The molecule has 0 bridgehead atoms. The Kier molecular flexibility index (Phi) is 4.74. The molecule has 3 N–H and O–H groups in total. The predicted octanol–water partition coefficient (Wildman–Crippen LogP) is 0.425. The van der Waals surface area contributed by atoms with Crippen LogP contribution in [0.25, 0.3) is 0 Å². The molecule has 0 saturated heterocycles. The molecule has 1 aliphatic carbocycles. The molecule has 0 unspecified atom stereocenters. The second-order valence-corrected chi connectivity index (χ2v) is 5.24. The van der Waals surface area contributed by atoms with Crippen LogP contribution < -0.4 is 11.1 Å². The average Bonchev–Trinajstić information content (AvgIpc) is 3.22. The Balaban J connectivity index is 1.87. The number of hydrogen-bond acceptors (Lipinski definition) is 3. The van der Waals surface area contributed by atoms with Crippen LogP contribution in [0.1, 0.15) is 24.0 Å². The van der Waals surface area contributed by atoms with Crippen molar-refractivity contribution in [3.63, 3.8) is 0 Å². The predicted molar refractivity (Wildman–Crippen MR) is 76.8 cm³/mol. The number of nitrogens with two attached hydrogens (primary N) is 1. The van der Waals surface area contributed by atoms with Crippen molar-refractivity contribution in [1.82, 2.24) is 10.2 Å². The van der Waals surface area contributed by atoms with E-state index in [1.54, 1.807) is 7.05 Å². The first-order valence-corrected chi connectivity index (χ1v) is 6.90. The number of carbonyl (C=O) groups excluding carboxylic acids is 2. The SMILES string of the molecule is CN(CC(=O)NC1CC1)C(=O)Cc1ccccc1CN. The molecule has 1 saturated carbocycles. The summed E-state index contributed by atoms with van der Waals surface area (Å²) in [6.45, 7) is 0.523. The van der Waals surface area contributed by atoms with Crippen molar-refractivity contribution >= 4 is 11.8 Å². The molecule has 108 valence electrons. The molecule has 0 radical (unpaired) electrons. The summed E-state index contributed by atoms with van der Waals surface area (Å²) >= 11 is 0. The Morgan fingerprint density at radius 1 is 1.30 bits per heavy atom. The van der Waals surface area contributed by atoms with Crippen LogP contribution in [0, 0.1) is 0 Å². The minimum absolute atomic E-state index is 0.0724. The monoisotopic (exact) mass is 275 g/mol. The molecule has 1 aliphatic rings. The molecule has 0 heterocycles. The number of hydrogen-bond donors (Lipinski definition) is 2. The highest BCUT2D eigenvalue weighted by Crippen LogP contribution is 2.18. The van der Waals surface area contributed by atoms with Crippen molar-refractivity contribution in [3.05, 3.63) is 35.4 Å². The summed E-state index contributed by atoms with van der Waals surface area (Å²) in [6, 6.07) is 7.94. The molecule has 1 aromatic rings. The summed E-state index contributed by atoms with van der Waals surface area (Å²) in [4.78, 5) is 25.2. The topological polar surface area (TPSA) is 75.4 Å². The van der Waals surface area contributed by atoms with Crippen LogP contribution in [0.4, 0.5) is 0 Å². The number of amides is 2. The van der Waals surface area contributed by atoms with Gasteiger partial charge in [0.1, 0.15) is 0 Å². The second kappa shape index (κ2) is 6.52. The number of carbonyl (C=O) groups is 2. The van der Waals surface area contributed by atoms with Crippen molar-refractivity contribution < 1.29 is 9.59 Å². The maximum Gasteiger partial charge on any atom is 0.239 e. The Bertz CT molecular complexity index is 498. The van der Waals surface area contributed by atoms with Gasteiger partial charge in [0.2, 0.25) is 11.8 Å². The minimum atomic E-state index is -0.0875. The van der Waals surface area contributed by atoms with Crippen molar-refractivity contribution in [3.8, 4) is 0 Å². The number of rotatable bonds is 6. The number of nitrogens with zero attached hydrogens (tertiary/aromatic N) is 1. The molecule has 1 fully saturated rings. The van der Waals surface area contributed by atoms with E-state index in [0.717, 1.165) is 24.0 Å². The zero-order valence-electron chi connectivity index (χ0n) is 11.8. The van der Waals surface area contributed by atoms with E-state index in [4.69, 9.17) is 5.73 Å². The van der Waals surface area contributed by atoms with E-state index in [1.807, 2.05) is 24.3 Å². The van der Waals surface area contributed by atoms with Crippen LogP contribution in [0.5, 0.6) is 0 Å². The molecule has 20 heavy (non-hydrogen) atoms. The molecular formula is C15H21N3O2. The lowest BCUT2D eigenvalue weighted by Gasteiger charge is -2.17. The molecule has 5 heteroatoms. The van der Waals surface area contributed by atoms with Gasteiger partial charge in [-0.3, -0.25) is 9.59 Å². The van der Waals surface area contributed by atoms with Crippen LogP contribution in [0.3, 0.4) is 0 Å². The molecule has 2 rings (SSSR count). The highest BCUT2D eigenvalue weighted by molar-refractivity contribution is 5.86. The third-order valence-electron chi connectivity index (χ3n) is 3.43. The average molecular weight is 275 g/mol. The van der Waals surface area contributed by atoms with Crippen LogP contribution in [-0.4, -0.2) is 36.3 Å². The molecule has 1 aromatic carbocycles. The van der Waals surface area contributed by atoms with Crippen LogP contribution >= 0.6 is 0 Å². The maximum atomic E-state index is 12.1. The van der Waals surface area contributed by atoms with E-state index in [1.165, 1.54) is 4.90 Å². The van der Waals surface area contributed by atoms with Crippen LogP contribution in [0.15, 0.2) is 24.3 Å². The lowest BCUT2D eigenvalue weighted by molar-refractivity contribution is -0.134. The molecule has 2 amide bonds. The molecular weight excluding hydrogens is 254 g/mol. The van der Waals surface area contributed by atoms with E-state index in [9.17, 15) is 9.59 Å². The molecule has 0 atom stereocenters. The fourth-order valence-electron chi connectivity index (χ4n) is 2.03. The van der Waals surface area contributed by atoms with Gasteiger partial charge in [-0.15, -0.1) is 0 Å². The largest absolute Gasteiger partial charge is 0.352 e. The van der Waals surface area contributed by atoms with Crippen molar-refractivity contribution in [2.45, 2.75) is 31.8 Å².